The highest BCUT2D eigenvalue weighted by Crippen LogP contribution is 2.38. The molecule has 1 aromatic heterocycles. The predicted molar refractivity (Wildman–Crippen MR) is 124 cm³/mol. The maximum atomic E-state index is 12.8. The second kappa shape index (κ2) is 10.5. The van der Waals surface area contributed by atoms with Crippen molar-refractivity contribution in [2.75, 3.05) is 18.2 Å². The van der Waals surface area contributed by atoms with Crippen molar-refractivity contribution in [3.63, 3.8) is 0 Å². The van der Waals surface area contributed by atoms with Crippen LogP contribution in [-0.2, 0) is 27.1 Å². The van der Waals surface area contributed by atoms with E-state index in [1.54, 1.807) is 25.1 Å². The fraction of sp³-hybridized carbons (Fsp3) is 0.409. The number of aryl methyl sites for hydroxylation is 1. The highest BCUT2D eigenvalue weighted by atomic mass is 35.5. The Hall–Kier alpha value is -2.03. The van der Waals surface area contributed by atoms with Gasteiger partial charge in [0.25, 0.3) is 5.91 Å². The number of amides is 1. The third-order valence-corrected chi connectivity index (χ3v) is 7.20. The normalized spacial score (nSPS) is 13.8. The molecule has 0 aliphatic heterocycles. The highest BCUT2D eigenvalue weighted by molar-refractivity contribution is 7.98. The number of hydrogen-bond donors (Lipinski definition) is 1. The average Bonchev–Trinajstić information content (AvgIpc) is 3.11. The molecule has 0 fully saturated rings. The summed E-state index contributed by atoms with van der Waals surface area (Å²) >= 11 is 8.98. The van der Waals surface area contributed by atoms with E-state index in [4.69, 9.17) is 21.1 Å². The largest absolute Gasteiger partial charge is 0.462 e. The van der Waals surface area contributed by atoms with Crippen molar-refractivity contribution in [2.45, 2.75) is 50.5 Å². The number of esters is 2. The van der Waals surface area contributed by atoms with Gasteiger partial charge in [-0.1, -0.05) is 11.6 Å². The van der Waals surface area contributed by atoms with Crippen LogP contribution in [0.5, 0.6) is 0 Å². The van der Waals surface area contributed by atoms with Crippen molar-refractivity contribution < 1.29 is 23.9 Å². The van der Waals surface area contributed by atoms with Crippen LogP contribution in [0.2, 0.25) is 5.02 Å². The SMILES string of the molecule is CCOC(=O)c1c(NC(=O)C(C)OC(=O)c2cc(SC)ccc2Cl)sc2c1CCCC2. The second-order valence-corrected chi connectivity index (χ2v) is 9.41. The number of halogens is 1. The number of carbonyl (C=O) groups is 3. The first-order valence-corrected chi connectivity index (χ1v) is 12.4. The molecule has 166 valence electrons. The number of benzene rings is 1. The van der Waals surface area contributed by atoms with Gasteiger partial charge >= 0.3 is 11.9 Å². The molecule has 0 spiro atoms. The molecule has 1 aliphatic rings. The number of nitrogens with one attached hydrogen (secondary N) is 1. The molecule has 1 aliphatic carbocycles. The number of thioether (sulfide) groups is 1. The van der Waals surface area contributed by atoms with Crippen molar-refractivity contribution in [3.8, 4) is 0 Å². The molecule has 1 unspecified atom stereocenters. The Balaban J connectivity index is 1.76. The first-order valence-electron chi connectivity index (χ1n) is 10.0. The van der Waals surface area contributed by atoms with E-state index in [2.05, 4.69) is 5.32 Å². The van der Waals surface area contributed by atoms with E-state index in [9.17, 15) is 14.4 Å². The van der Waals surface area contributed by atoms with Gasteiger partial charge in [0.15, 0.2) is 6.10 Å². The summed E-state index contributed by atoms with van der Waals surface area (Å²) in [6.07, 6.45) is 4.51. The standard InChI is InChI=1S/C22H24ClNO5S2/c1-4-28-22(27)18-14-7-5-6-8-17(14)31-20(18)24-19(25)12(2)29-21(26)15-11-13(30-3)9-10-16(15)23/h9-12H,4-8H2,1-3H3,(H,24,25). The summed E-state index contributed by atoms with van der Waals surface area (Å²) in [6, 6.07) is 5.05. The van der Waals surface area contributed by atoms with Gasteiger partial charge in [0.2, 0.25) is 0 Å². The molecular formula is C22H24ClNO5S2. The number of anilines is 1. The minimum absolute atomic E-state index is 0.201. The lowest BCUT2D eigenvalue weighted by molar-refractivity contribution is -0.123. The van der Waals surface area contributed by atoms with Crippen LogP contribution in [0.1, 0.15) is 57.8 Å². The molecule has 0 radical (unpaired) electrons. The molecule has 2 aromatic rings. The van der Waals surface area contributed by atoms with Crippen LogP contribution in [-0.4, -0.2) is 36.8 Å². The summed E-state index contributed by atoms with van der Waals surface area (Å²) in [5.74, 6) is -1.64. The molecule has 1 heterocycles. The molecule has 1 aromatic carbocycles. The van der Waals surface area contributed by atoms with Crippen LogP contribution in [0.3, 0.4) is 0 Å². The number of rotatable bonds is 7. The molecule has 6 nitrogen and oxygen atoms in total. The zero-order chi connectivity index (χ0) is 22.5. The fourth-order valence-corrected chi connectivity index (χ4v) is 5.27. The smallest absolute Gasteiger partial charge is 0.341 e. The van der Waals surface area contributed by atoms with E-state index in [-0.39, 0.29) is 17.2 Å². The molecule has 0 saturated heterocycles. The molecule has 1 amide bonds. The van der Waals surface area contributed by atoms with Crippen LogP contribution in [0, 0.1) is 0 Å². The molecule has 1 atom stereocenters. The Morgan fingerprint density at radius 2 is 1.97 bits per heavy atom. The molecule has 0 saturated carbocycles. The molecule has 9 heteroatoms. The fourth-order valence-electron chi connectivity index (χ4n) is 3.35. The number of fused-ring (bicyclic) bond motifs is 1. The number of thiophene rings is 1. The maximum Gasteiger partial charge on any atom is 0.341 e. The van der Waals surface area contributed by atoms with E-state index >= 15 is 0 Å². The van der Waals surface area contributed by atoms with Crippen molar-refractivity contribution >= 4 is 57.5 Å². The topological polar surface area (TPSA) is 81.7 Å². The molecule has 3 rings (SSSR count). The van der Waals surface area contributed by atoms with Gasteiger partial charge < -0.3 is 14.8 Å². The lowest BCUT2D eigenvalue weighted by atomic mass is 9.95. The number of carbonyl (C=O) groups excluding carboxylic acids is 3. The van der Waals surface area contributed by atoms with Gasteiger partial charge in [0, 0.05) is 9.77 Å². The molecule has 0 bridgehead atoms. The van der Waals surface area contributed by atoms with Crippen LogP contribution in [0.4, 0.5) is 5.00 Å². The van der Waals surface area contributed by atoms with Gasteiger partial charge in [-0.3, -0.25) is 4.79 Å². The third kappa shape index (κ3) is 5.42. The summed E-state index contributed by atoms with van der Waals surface area (Å²) < 4.78 is 10.6. The second-order valence-electron chi connectivity index (χ2n) is 7.02. The zero-order valence-corrected chi connectivity index (χ0v) is 20.0. The van der Waals surface area contributed by atoms with E-state index in [0.29, 0.717) is 10.6 Å². The van der Waals surface area contributed by atoms with Crippen molar-refractivity contribution in [1.82, 2.24) is 0 Å². The Labute approximate surface area is 194 Å². The van der Waals surface area contributed by atoms with E-state index in [1.807, 2.05) is 6.26 Å². The highest BCUT2D eigenvalue weighted by Gasteiger charge is 2.29. The third-order valence-electron chi connectivity index (χ3n) is 4.93. The van der Waals surface area contributed by atoms with Crippen LogP contribution in [0.15, 0.2) is 23.1 Å². The zero-order valence-electron chi connectivity index (χ0n) is 17.6. The average molecular weight is 482 g/mol. The minimum atomic E-state index is -1.07. The lowest BCUT2D eigenvalue weighted by Gasteiger charge is -2.15. The minimum Gasteiger partial charge on any atom is -0.462 e. The first-order chi connectivity index (χ1) is 14.8. The summed E-state index contributed by atoms with van der Waals surface area (Å²) in [6.45, 7) is 3.48. The van der Waals surface area contributed by atoms with Crippen LogP contribution >= 0.6 is 34.7 Å². The monoisotopic (exact) mass is 481 g/mol. The van der Waals surface area contributed by atoms with Gasteiger partial charge in [0.1, 0.15) is 5.00 Å². The van der Waals surface area contributed by atoms with Gasteiger partial charge in [-0.25, -0.2) is 9.59 Å². The van der Waals surface area contributed by atoms with Gasteiger partial charge in [0.05, 0.1) is 22.8 Å². The quantitative estimate of drug-likeness (QED) is 0.423. The van der Waals surface area contributed by atoms with Gasteiger partial charge in [-0.05, 0) is 69.5 Å². The Bertz CT molecular complexity index is 1000. The van der Waals surface area contributed by atoms with Crippen LogP contribution < -0.4 is 5.32 Å². The first kappa shape index (κ1) is 23.6. The number of ether oxygens (including phenoxy) is 2. The van der Waals surface area contributed by atoms with Gasteiger partial charge in [-0.2, -0.15) is 0 Å². The lowest BCUT2D eigenvalue weighted by Crippen LogP contribution is -2.30. The maximum absolute atomic E-state index is 12.8. The molecule has 31 heavy (non-hydrogen) atoms. The Kier molecular flexibility index (Phi) is 8.02. The summed E-state index contributed by atoms with van der Waals surface area (Å²) in [4.78, 5) is 39.8. The van der Waals surface area contributed by atoms with E-state index in [1.165, 1.54) is 30.0 Å². The summed E-state index contributed by atoms with van der Waals surface area (Å²) in [5, 5.41) is 3.47. The summed E-state index contributed by atoms with van der Waals surface area (Å²) in [7, 11) is 0. The van der Waals surface area contributed by atoms with Crippen molar-refractivity contribution in [1.29, 1.82) is 0 Å². The predicted octanol–water partition coefficient (Wildman–Crippen LogP) is 5.36. The van der Waals surface area contributed by atoms with Crippen molar-refractivity contribution in [3.05, 3.63) is 44.8 Å². The molecular weight excluding hydrogens is 458 g/mol. The Morgan fingerprint density at radius 3 is 2.68 bits per heavy atom. The summed E-state index contributed by atoms with van der Waals surface area (Å²) in [5.41, 5.74) is 1.58. The van der Waals surface area contributed by atoms with Crippen molar-refractivity contribution in [2.24, 2.45) is 0 Å². The van der Waals surface area contributed by atoms with E-state index < -0.39 is 23.9 Å². The van der Waals surface area contributed by atoms with Crippen LogP contribution in [0.25, 0.3) is 0 Å². The van der Waals surface area contributed by atoms with Gasteiger partial charge in [-0.15, -0.1) is 23.1 Å². The number of hydrogen-bond acceptors (Lipinski definition) is 7. The van der Waals surface area contributed by atoms with E-state index in [0.717, 1.165) is 41.0 Å². The molecule has 1 N–H and O–H groups in total. The Morgan fingerprint density at radius 1 is 1.23 bits per heavy atom.